The Hall–Kier alpha value is -0.900. The predicted molar refractivity (Wildman–Crippen MR) is 55.3 cm³/mol. The molecule has 1 saturated heterocycles. The summed E-state index contributed by atoms with van der Waals surface area (Å²) in [6, 6.07) is 0. The summed E-state index contributed by atoms with van der Waals surface area (Å²) >= 11 is 0. The van der Waals surface area contributed by atoms with Crippen LogP contribution in [-0.4, -0.2) is 30.4 Å². The van der Waals surface area contributed by atoms with Crippen LogP contribution in [0.3, 0.4) is 0 Å². The smallest absolute Gasteiger partial charge is 0.253 e. The largest absolute Gasteiger partial charge is 0.317 e. The Morgan fingerprint density at radius 2 is 2.00 bits per heavy atom. The minimum absolute atomic E-state index is 0.0997. The van der Waals surface area contributed by atoms with Gasteiger partial charge >= 0.3 is 0 Å². The molecule has 0 aromatic rings. The maximum absolute atomic E-state index is 11.8. The fraction of sp³-hybridized carbons (Fsp3) is 0.800. The van der Waals surface area contributed by atoms with E-state index < -0.39 is 5.54 Å². The van der Waals surface area contributed by atoms with Crippen LogP contribution in [0.5, 0.6) is 0 Å². The monoisotopic (exact) mass is 195 g/mol. The zero-order valence-corrected chi connectivity index (χ0v) is 8.76. The first-order chi connectivity index (χ1) is 6.64. The first-order valence-electron chi connectivity index (χ1n) is 5.26. The van der Waals surface area contributed by atoms with E-state index in [0.29, 0.717) is 5.92 Å². The summed E-state index contributed by atoms with van der Waals surface area (Å²) in [4.78, 5) is 16.4. The summed E-state index contributed by atoms with van der Waals surface area (Å²) in [6.07, 6.45) is 1.66. The number of carbonyl (C=O) groups excluding carboxylic acids is 1. The number of hydrogen-bond acceptors (Lipinski definition) is 3. The maximum Gasteiger partial charge on any atom is 0.253 e. The SMILES string of the molecule is CC(C)C1=NC2(CCNCC2)C(=O)N1. The summed E-state index contributed by atoms with van der Waals surface area (Å²) < 4.78 is 0. The van der Waals surface area contributed by atoms with Crippen LogP contribution >= 0.6 is 0 Å². The highest BCUT2D eigenvalue weighted by atomic mass is 16.2. The minimum atomic E-state index is -0.440. The molecule has 0 aliphatic carbocycles. The second-order valence-electron chi connectivity index (χ2n) is 4.39. The van der Waals surface area contributed by atoms with E-state index in [1.807, 2.05) is 0 Å². The van der Waals surface area contributed by atoms with Crippen molar-refractivity contribution in [3.63, 3.8) is 0 Å². The Kier molecular flexibility index (Phi) is 2.31. The zero-order valence-electron chi connectivity index (χ0n) is 8.76. The van der Waals surface area contributed by atoms with Gasteiger partial charge in [0.05, 0.1) is 0 Å². The van der Waals surface area contributed by atoms with Gasteiger partial charge in [-0.25, -0.2) is 0 Å². The lowest BCUT2D eigenvalue weighted by Crippen LogP contribution is -2.47. The van der Waals surface area contributed by atoms with Gasteiger partial charge in [-0.15, -0.1) is 0 Å². The molecule has 4 heteroatoms. The number of amides is 1. The standard InChI is InChI=1S/C10H17N3O/c1-7(2)8-12-9(14)10(13-8)3-5-11-6-4-10/h7,11H,3-6H2,1-2H3,(H,12,13,14). The molecule has 1 amide bonds. The average molecular weight is 195 g/mol. The van der Waals surface area contributed by atoms with E-state index in [0.717, 1.165) is 31.8 Å². The van der Waals surface area contributed by atoms with Gasteiger partial charge in [0.25, 0.3) is 5.91 Å². The molecule has 0 saturated carbocycles. The molecule has 2 N–H and O–H groups in total. The van der Waals surface area contributed by atoms with Crippen molar-refractivity contribution in [2.75, 3.05) is 13.1 Å². The topological polar surface area (TPSA) is 53.5 Å². The molecule has 78 valence electrons. The Bertz CT molecular complexity index is 277. The van der Waals surface area contributed by atoms with Crippen LogP contribution in [0.4, 0.5) is 0 Å². The number of amidine groups is 1. The van der Waals surface area contributed by atoms with Gasteiger partial charge < -0.3 is 10.6 Å². The Labute approximate surface area is 84.2 Å². The Morgan fingerprint density at radius 1 is 1.36 bits per heavy atom. The van der Waals surface area contributed by atoms with Gasteiger partial charge in [-0.1, -0.05) is 13.8 Å². The molecular formula is C10H17N3O. The Morgan fingerprint density at radius 3 is 2.50 bits per heavy atom. The average Bonchev–Trinajstić information content (AvgIpc) is 2.46. The van der Waals surface area contributed by atoms with Crippen LogP contribution in [-0.2, 0) is 4.79 Å². The number of rotatable bonds is 1. The van der Waals surface area contributed by atoms with Crippen LogP contribution in [0.1, 0.15) is 26.7 Å². The molecule has 0 aromatic carbocycles. The minimum Gasteiger partial charge on any atom is -0.317 e. The molecule has 2 rings (SSSR count). The van der Waals surface area contributed by atoms with Crippen molar-refractivity contribution in [2.24, 2.45) is 10.9 Å². The van der Waals surface area contributed by atoms with Gasteiger partial charge in [-0.2, -0.15) is 0 Å². The second kappa shape index (κ2) is 3.35. The zero-order chi connectivity index (χ0) is 10.2. The number of nitrogens with one attached hydrogen (secondary N) is 2. The van der Waals surface area contributed by atoms with Gasteiger partial charge in [0.15, 0.2) is 0 Å². The number of aliphatic imine (C=N–C) groups is 1. The summed E-state index contributed by atoms with van der Waals surface area (Å²) in [5, 5.41) is 6.15. The normalized spacial score (nSPS) is 25.4. The quantitative estimate of drug-likeness (QED) is 0.632. The van der Waals surface area contributed by atoms with Crippen molar-refractivity contribution in [1.29, 1.82) is 0 Å². The highest BCUT2D eigenvalue weighted by Crippen LogP contribution is 2.28. The van der Waals surface area contributed by atoms with E-state index in [1.165, 1.54) is 0 Å². The fourth-order valence-electron chi connectivity index (χ4n) is 1.99. The lowest BCUT2D eigenvalue weighted by atomic mass is 9.89. The third kappa shape index (κ3) is 1.43. The third-order valence-electron chi connectivity index (χ3n) is 2.98. The lowest BCUT2D eigenvalue weighted by Gasteiger charge is -2.28. The molecule has 2 aliphatic rings. The van der Waals surface area contributed by atoms with Gasteiger partial charge in [0.1, 0.15) is 11.4 Å². The summed E-state index contributed by atoms with van der Waals surface area (Å²) in [5.74, 6) is 1.27. The molecule has 2 aliphatic heterocycles. The van der Waals surface area contributed by atoms with Crippen LogP contribution in [0.2, 0.25) is 0 Å². The van der Waals surface area contributed by atoms with Crippen LogP contribution in [0, 0.1) is 5.92 Å². The first kappa shape index (κ1) is 9.65. The summed E-state index contributed by atoms with van der Waals surface area (Å²) in [5.41, 5.74) is -0.440. The lowest BCUT2D eigenvalue weighted by molar-refractivity contribution is -0.124. The highest BCUT2D eigenvalue weighted by Gasteiger charge is 2.44. The van der Waals surface area contributed by atoms with Gasteiger partial charge in [0, 0.05) is 5.92 Å². The van der Waals surface area contributed by atoms with Crippen molar-refractivity contribution in [3.05, 3.63) is 0 Å². The molecule has 14 heavy (non-hydrogen) atoms. The Balaban J connectivity index is 2.21. The molecule has 0 radical (unpaired) electrons. The molecule has 0 atom stereocenters. The van der Waals surface area contributed by atoms with E-state index >= 15 is 0 Å². The maximum atomic E-state index is 11.8. The van der Waals surface area contributed by atoms with Crippen LogP contribution in [0.25, 0.3) is 0 Å². The molecule has 1 fully saturated rings. The van der Waals surface area contributed by atoms with Crippen molar-refractivity contribution in [2.45, 2.75) is 32.2 Å². The number of carbonyl (C=O) groups is 1. The highest BCUT2D eigenvalue weighted by molar-refractivity contribution is 6.08. The van der Waals surface area contributed by atoms with Crippen molar-refractivity contribution in [3.8, 4) is 0 Å². The van der Waals surface area contributed by atoms with Gasteiger partial charge in [-0.3, -0.25) is 9.79 Å². The van der Waals surface area contributed by atoms with Crippen molar-refractivity contribution >= 4 is 11.7 Å². The fourth-order valence-corrected chi connectivity index (χ4v) is 1.99. The molecule has 4 nitrogen and oxygen atoms in total. The van der Waals surface area contributed by atoms with E-state index in [1.54, 1.807) is 0 Å². The first-order valence-corrected chi connectivity index (χ1v) is 5.26. The second-order valence-corrected chi connectivity index (χ2v) is 4.39. The number of piperidine rings is 1. The number of nitrogens with zero attached hydrogens (tertiary/aromatic N) is 1. The third-order valence-corrected chi connectivity index (χ3v) is 2.98. The van der Waals surface area contributed by atoms with Crippen molar-refractivity contribution in [1.82, 2.24) is 10.6 Å². The van der Waals surface area contributed by atoms with Gasteiger partial charge in [0.2, 0.25) is 0 Å². The van der Waals surface area contributed by atoms with Crippen molar-refractivity contribution < 1.29 is 4.79 Å². The molecule has 0 aromatic heterocycles. The molecule has 0 bridgehead atoms. The molecular weight excluding hydrogens is 178 g/mol. The van der Waals surface area contributed by atoms with E-state index in [9.17, 15) is 4.79 Å². The van der Waals surface area contributed by atoms with E-state index in [4.69, 9.17) is 0 Å². The molecule has 0 unspecified atom stereocenters. The molecule has 2 heterocycles. The molecule has 1 spiro atoms. The van der Waals surface area contributed by atoms with Gasteiger partial charge in [-0.05, 0) is 25.9 Å². The summed E-state index contributed by atoms with van der Waals surface area (Å²) in [6.45, 7) is 5.89. The predicted octanol–water partition coefficient (Wildman–Crippen LogP) is 0.293. The van der Waals surface area contributed by atoms with E-state index in [2.05, 4.69) is 29.5 Å². The van der Waals surface area contributed by atoms with Crippen LogP contribution < -0.4 is 10.6 Å². The van der Waals surface area contributed by atoms with Crippen LogP contribution in [0.15, 0.2) is 4.99 Å². The number of hydrogen-bond donors (Lipinski definition) is 2. The van der Waals surface area contributed by atoms with E-state index in [-0.39, 0.29) is 5.91 Å². The summed E-state index contributed by atoms with van der Waals surface area (Å²) in [7, 11) is 0.